The van der Waals surface area contributed by atoms with Crippen molar-refractivity contribution < 1.29 is 22.0 Å². The lowest BCUT2D eigenvalue weighted by Crippen LogP contribution is -2.36. The first kappa shape index (κ1) is 14.7. The molecule has 17 heavy (non-hydrogen) atoms. The first-order chi connectivity index (χ1) is 7.70. The highest BCUT2D eigenvalue weighted by molar-refractivity contribution is 4.83. The molecule has 0 spiro atoms. The molecule has 0 aromatic carbocycles. The second-order valence-electron chi connectivity index (χ2n) is 4.86. The lowest BCUT2D eigenvalue weighted by atomic mass is 9.81. The van der Waals surface area contributed by atoms with E-state index in [0.29, 0.717) is 12.8 Å². The van der Waals surface area contributed by atoms with Crippen LogP contribution in [0.2, 0.25) is 0 Å². The van der Waals surface area contributed by atoms with Gasteiger partial charge in [-0.3, -0.25) is 0 Å². The summed E-state index contributed by atoms with van der Waals surface area (Å²) in [6.07, 6.45) is -4.49. The zero-order chi connectivity index (χ0) is 13.1. The topological polar surface area (TPSA) is 26.0 Å². The van der Waals surface area contributed by atoms with Crippen LogP contribution < -0.4 is 5.73 Å². The lowest BCUT2D eigenvalue weighted by Gasteiger charge is -2.32. The van der Waals surface area contributed by atoms with Gasteiger partial charge in [0, 0.05) is 25.3 Å². The average molecular weight is 259 g/mol. The maximum absolute atomic E-state index is 12.9. The minimum absolute atomic E-state index is 0.0163. The number of hydrogen-bond acceptors (Lipinski definition) is 1. The quantitative estimate of drug-likeness (QED) is 0.762. The van der Waals surface area contributed by atoms with Crippen LogP contribution in [0, 0.1) is 5.92 Å². The minimum atomic E-state index is -4.15. The van der Waals surface area contributed by atoms with Gasteiger partial charge in [-0.2, -0.15) is 13.2 Å². The SMILES string of the molecule is NC(CCCC(F)(F)F)C1CCC(F)(F)CC1. The van der Waals surface area contributed by atoms with Crippen molar-refractivity contribution in [3.8, 4) is 0 Å². The summed E-state index contributed by atoms with van der Waals surface area (Å²) in [6, 6.07) is -0.381. The molecule has 0 bridgehead atoms. The van der Waals surface area contributed by atoms with Gasteiger partial charge in [0.1, 0.15) is 0 Å². The molecule has 1 nitrogen and oxygen atoms in total. The Hall–Kier alpha value is -0.390. The van der Waals surface area contributed by atoms with Gasteiger partial charge in [0.25, 0.3) is 0 Å². The Kier molecular flexibility index (Phi) is 4.75. The Morgan fingerprint density at radius 3 is 2.18 bits per heavy atom. The van der Waals surface area contributed by atoms with E-state index < -0.39 is 18.5 Å². The molecule has 1 rings (SSSR count). The van der Waals surface area contributed by atoms with E-state index >= 15 is 0 Å². The number of halogens is 5. The van der Waals surface area contributed by atoms with Gasteiger partial charge in [0.15, 0.2) is 0 Å². The third-order valence-corrected chi connectivity index (χ3v) is 3.36. The molecule has 0 saturated heterocycles. The van der Waals surface area contributed by atoms with Crippen LogP contribution in [0.25, 0.3) is 0 Å². The standard InChI is InChI=1S/C11H18F5N/c12-10(13)6-3-8(4-7-10)9(17)2-1-5-11(14,15)16/h8-9H,1-7,17H2. The molecule has 6 heteroatoms. The van der Waals surface area contributed by atoms with Crippen LogP contribution in [-0.2, 0) is 0 Å². The van der Waals surface area contributed by atoms with Crippen LogP contribution >= 0.6 is 0 Å². The summed E-state index contributed by atoms with van der Waals surface area (Å²) in [5, 5.41) is 0. The molecular weight excluding hydrogens is 241 g/mol. The summed E-state index contributed by atoms with van der Waals surface area (Å²) >= 11 is 0. The monoisotopic (exact) mass is 259 g/mol. The highest BCUT2D eigenvalue weighted by Gasteiger charge is 2.36. The van der Waals surface area contributed by atoms with Crippen molar-refractivity contribution in [2.24, 2.45) is 11.7 Å². The molecule has 1 aliphatic carbocycles. The highest BCUT2D eigenvalue weighted by atomic mass is 19.4. The Morgan fingerprint density at radius 1 is 1.18 bits per heavy atom. The Balaban J connectivity index is 2.23. The average Bonchev–Trinajstić information content (AvgIpc) is 2.15. The van der Waals surface area contributed by atoms with Crippen LogP contribution in [0.1, 0.15) is 44.9 Å². The van der Waals surface area contributed by atoms with Gasteiger partial charge >= 0.3 is 6.18 Å². The van der Waals surface area contributed by atoms with Gasteiger partial charge in [0.05, 0.1) is 0 Å². The van der Waals surface area contributed by atoms with E-state index in [2.05, 4.69) is 0 Å². The molecule has 0 radical (unpaired) electrons. The van der Waals surface area contributed by atoms with E-state index in [1.54, 1.807) is 0 Å². The summed E-state index contributed by atoms with van der Waals surface area (Å²) < 4.78 is 61.4. The van der Waals surface area contributed by atoms with Gasteiger partial charge in [0.2, 0.25) is 5.92 Å². The Labute approximate surface area is 97.6 Å². The van der Waals surface area contributed by atoms with E-state index in [0.717, 1.165) is 0 Å². The van der Waals surface area contributed by atoms with E-state index in [1.165, 1.54) is 0 Å². The molecule has 0 aromatic rings. The van der Waals surface area contributed by atoms with Crippen LogP contribution in [0.4, 0.5) is 22.0 Å². The summed E-state index contributed by atoms with van der Waals surface area (Å²) in [7, 11) is 0. The first-order valence-corrected chi connectivity index (χ1v) is 5.90. The maximum atomic E-state index is 12.9. The number of hydrogen-bond donors (Lipinski definition) is 1. The summed E-state index contributed by atoms with van der Waals surface area (Å²) in [4.78, 5) is 0. The predicted octanol–water partition coefficient (Wildman–Crippen LogP) is 3.87. The van der Waals surface area contributed by atoms with Gasteiger partial charge in [-0.05, 0) is 31.6 Å². The minimum Gasteiger partial charge on any atom is -0.327 e. The first-order valence-electron chi connectivity index (χ1n) is 5.90. The van der Waals surface area contributed by atoms with Crippen LogP contribution in [0.5, 0.6) is 0 Å². The molecule has 0 aliphatic heterocycles. The van der Waals surface area contributed by atoms with Crippen LogP contribution in [0.3, 0.4) is 0 Å². The molecule has 1 aliphatic rings. The van der Waals surface area contributed by atoms with Gasteiger partial charge in [-0.1, -0.05) is 0 Å². The summed E-state index contributed by atoms with van der Waals surface area (Å²) in [5.41, 5.74) is 5.75. The van der Waals surface area contributed by atoms with Crippen molar-refractivity contribution in [2.75, 3.05) is 0 Å². The molecule has 102 valence electrons. The van der Waals surface area contributed by atoms with Gasteiger partial charge in [-0.25, -0.2) is 8.78 Å². The summed E-state index contributed by atoms with van der Waals surface area (Å²) in [6.45, 7) is 0. The predicted molar refractivity (Wildman–Crippen MR) is 54.8 cm³/mol. The molecule has 1 fully saturated rings. The Morgan fingerprint density at radius 2 is 1.71 bits per heavy atom. The number of nitrogens with two attached hydrogens (primary N) is 1. The normalized spacial score (nSPS) is 23.6. The van der Waals surface area contributed by atoms with E-state index in [4.69, 9.17) is 5.73 Å². The Bertz CT molecular complexity index is 229. The maximum Gasteiger partial charge on any atom is 0.389 e. The van der Waals surface area contributed by atoms with Crippen molar-refractivity contribution in [1.82, 2.24) is 0 Å². The van der Waals surface area contributed by atoms with Crippen LogP contribution in [-0.4, -0.2) is 18.1 Å². The third-order valence-electron chi connectivity index (χ3n) is 3.36. The third kappa shape index (κ3) is 5.66. The van der Waals surface area contributed by atoms with Gasteiger partial charge < -0.3 is 5.73 Å². The lowest BCUT2D eigenvalue weighted by molar-refractivity contribution is -0.136. The second-order valence-corrected chi connectivity index (χ2v) is 4.86. The van der Waals surface area contributed by atoms with Crippen molar-refractivity contribution in [3.63, 3.8) is 0 Å². The zero-order valence-corrected chi connectivity index (χ0v) is 9.57. The largest absolute Gasteiger partial charge is 0.389 e. The molecule has 0 heterocycles. The highest BCUT2D eigenvalue weighted by Crippen LogP contribution is 2.38. The van der Waals surface area contributed by atoms with Crippen molar-refractivity contribution >= 4 is 0 Å². The molecule has 1 saturated carbocycles. The van der Waals surface area contributed by atoms with Crippen molar-refractivity contribution in [1.29, 1.82) is 0 Å². The molecule has 2 N–H and O–H groups in total. The van der Waals surface area contributed by atoms with Crippen molar-refractivity contribution in [3.05, 3.63) is 0 Å². The number of alkyl halides is 5. The van der Waals surface area contributed by atoms with Crippen LogP contribution in [0.15, 0.2) is 0 Å². The van der Waals surface area contributed by atoms with E-state index in [-0.39, 0.29) is 37.6 Å². The molecule has 0 aromatic heterocycles. The van der Waals surface area contributed by atoms with E-state index in [1.807, 2.05) is 0 Å². The zero-order valence-electron chi connectivity index (χ0n) is 9.57. The molecular formula is C11H18F5N. The fourth-order valence-electron chi connectivity index (χ4n) is 2.26. The van der Waals surface area contributed by atoms with E-state index in [9.17, 15) is 22.0 Å². The van der Waals surface area contributed by atoms with Crippen molar-refractivity contribution in [2.45, 2.75) is 63.1 Å². The fourth-order valence-corrected chi connectivity index (χ4v) is 2.26. The van der Waals surface area contributed by atoms with Gasteiger partial charge in [-0.15, -0.1) is 0 Å². The second kappa shape index (κ2) is 5.50. The molecule has 1 atom stereocenters. The number of rotatable bonds is 4. The molecule has 0 amide bonds. The fraction of sp³-hybridized carbons (Fsp3) is 1.00. The smallest absolute Gasteiger partial charge is 0.327 e. The summed E-state index contributed by atoms with van der Waals surface area (Å²) in [5.74, 6) is -2.66. The molecule has 1 unspecified atom stereocenters.